The third-order valence-electron chi connectivity index (χ3n) is 2.53. The maximum absolute atomic E-state index is 12.8. The van der Waals surface area contributed by atoms with Gasteiger partial charge in [-0.25, -0.2) is 12.8 Å². The van der Waals surface area contributed by atoms with Crippen molar-refractivity contribution in [2.24, 2.45) is 0 Å². The Bertz CT molecular complexity index is 543. The average Bonchev–Trinajstić information content (AvgIpc) is 2.43. The molecule has 0 aromatic heterocycles. The summed E-state index contributed by atoms with van der Waals surface area (Å²) in [5, 5.41) is 0. The number of esters is 1. The van der Waals surface area contributed by atoms with Crippen LogP contribution in [0.5, 0.6) is 0 Å². The van der Waals surface area contributed by atoms with Crippen molar-refractivity contribution in [3.63, 3.8) is 0 Å². The standard InChI is InChI=1S/C12H16FNO5S/c1-18-8-7-14(9-12(15)19-2)20(16,17)11-5-3-10(13)4-6-11/h3-6H,7-9H2,1-2H3. The van der Waals surface area contributed by atoms with E-state index in [1.54, 1.807) is 0 Å². The predicted molar refractivity (Wildman–Crippen MR) is 69.1 cm³/mol. The summed E-state index contributed by atoms with van der Waals surface area (Å²) in [6.07, 6.45) is 0. The summed E-state index contributed by atoms with van der Waals surface area (Å²) >= 11 is 0. The zero-order valence-corrected chi connectivity index (χ0v) is 12.0. The van der Waals surface area contributed by atoms with Crippen molar-refractivity contribution in [1.82, 2.24) is 4.31 Å². The molecule has 0 bridgehead atoms. The second kappa shape index (κ2) is 7.32. The van der Waals surface area contributed by atoms with Gasteiger partial charge in [-0.05, 0) is 24.3 Å². The fourth-order valence-electron chi connectivity index (χ4n) is 1.44. The lowest BCUT2D eigenvalue weighted by Gasteiger charge is -2.20. The molecule has 1 aromatic carbocycles. The number of rotatable bonds is 7. The number of nitrogens with zero attached hydrogens (tertiary/aromatic N) is 1. The van der Waals surface area contributed by atoms with Gasteiger partial charge in [-0.1, -0.05) is 0 Å². The Morgan fingerprint density at radius 2 is 1.85 bits per heavy atom. The first-order valence-electron chi connectivity index (χ1n) is 5.73. The van der Waals surface area contributed by atoms with Gasteiger partial charge in [0, 0.05) is 13.7 Å². The van der Waals surface area contributed by atoms with Gasteiger partial charge in [0.1, 0.15) is 12.4 Å². The molecule has 0 radical (unpaired) electrons. The highest BCUT2D eigenvalue weighted by atomic mass is 32.2. The van der Waals surface area contributed by atoms with Crippen LogP contribution >= 0.6 is 0 Å². The van der Waals surface area contributed by atoms with Crippen LogP contribution in [0.4, 0.5) is 4.39 Å². The van der Waals surface area contributed by atoms with Crippen LogP contribution in [0.15, 0.2) is 29.2 Å². The van der Waals surface area contributed by atoms with E-state index in [2.05, 4.69) is 4.74 Å². The number of hydrogen-bond donors (Lipinski definition) is 0. The molecule has 0 saturated heterocycles. The van der Waals surface area contributed by atoms with E-state index >= 15 is 0 Å². The van der Waals surface area contributed by atoms with E-state index in [9.17, 15) is 17.6 Å². The van der Waals surface area contributed by atoms with Gasteiger partial charge in [0.15, 0.2) is 0 Å². The number of benzene rings is 1. The Balaban J connectivity index is 3.03. The van der Waals surface area contributed by atoms with Crippen molar-refractivity contribution in [3.8, 4) is 0 Å². The highest BCUT2D eigenvalue weighted by molar-refractivity contribution is 7.89. The van der Waals surface area contributed by atoms with Crippen LogP contribution in [0, 0.1) is 5.82 Å². The molecule has 20 heavy (non-hydrogen) atoms. The van der Waals surface area contributed by atoms with E-state index in [-0.39, 0.29) is 18.0 Å². The summed E-state index contributed by atoms with van der Waals surface area (Å²) in [6, 6.07) is 4.36. The minimum atomic E-state index is -3.91. The van der Waals surface area contributed by atoms with Crippen LogP contribution < -0.4 is 0 Å². The molecule has 0 aliphatic rings. The van der Waals surface area contributed by atoms with Gasteiger partial charge in [-0.2, -0.15) is 4.31 Å². The molecule has 0 saturated carbocycles. The zero-order valence-electron chi connectivity index (χ0n) is 11.2. The lowest BCUT2D eigenvalue weighted by atomic mass is 10.4. The number of carbonyl (C=O) groups is 1. The van der Waals surface area contributed by atoms with Crippen LogP contribution in [0.25, 0.3) is 0 Å². The Labute approximate surface area is 117 Å². The lowest BCUT2D eigenvalue weighted by Crippen LogP contribution is -2.38. The van der Waals surface area contributed by atoms with Crippen molar-refractivity contribution in [1.29, 1.82) is 0 Å². The summed E-state index contributed by atoms with van der Waals surface area (Å²) in [4.78, 5) is 11.2. The normalized spacial score (nSPS) is 11.6. The van der Waals surface area contributed by atoms with E-state index < -0.39 is 28.4 Å². The Hall–Kier alpha value is -1.51. The molecule has 8 heteroatoms. The number of methoxy groups -OCH3 is 2. The first-order chi connectivity index (χ1) is 9.41. The second-order valence-corrected chi connectivity index (χ2v) is 5.80. The second-order valence-electron chi connectivity index (χ2n) is 3.86. The van der Waals surface area contributed by atoms with Gasteiger partial charge in [0.25, 0.3) is 0 Å². The number of carbonyl (C=O) groups excluding carboxylic acids is 1. The third-order valence-corrected chi connectivity index (χ3v) is 4.39. The fraction of sp³-hybridized carbons (Fsp3) is 0.417. The molecule has 0 fully saturated rings. The van der Waals surface area contributed by atoms with Gasteiger partial charge < -0.3 is 9.47 Å². The quantitative estimate of drug-likeness (QED) is 0.691. The van der Waals surface area contributed by atoms with Crippen LogP contribution in [0.1, 0.15) is 0 Å². The van der Waals surface area contributed by atoms with Crippen LogP contribution in [0.2, 0.25) is 0 Å². The Morgan fingerprint density at radius 1 is 1.25 bits per heavy atom. The van der Waals surface area contributed by atoms with Crippen LogP contribution in [-0.2, 0) is 24.3 Å². The number of sulfonamides is 1. The van der Waals surface area contributed by atoms with Gasteiger partial charge >= 0.3 is 5.97 Å². The maximum Gasteiger partial charge on any atom is 0.321 e. The van der Waals surface area contributed by atoms with E-state index in [4.69, 9.17) is 4.74 Å². The number of ether oxygens (including phenoxy) is 2. The third kappa shape index (κ3) is 4.26. The average molecular weight is 305 g/mol. The van der Waals surface area contributed by atoms with Crippen LogP contribution in [0.3, 0.4) is 0 Å². The van der Waals surface area contributed by atoms with E-state index in [0.717, 1.165) is 28.6 Å². The molecule has 0 N–H and O–H groups in total. The van der Waals surface area contributed by atoms with Crippen molar-refractivity contribution in [2.45, 2.75) is 4.90 Å². The minimum absolute atomic E-state index is 0.00862. The zero-order chi connectivity index (χ0) is 15.2. The molecule has 6 nitrogen and oxygen atoms in total. The van der Waals surface area contributed by atoms with Gasteiger partial charge in [0.05, 0.1) is 18.6 Å². The molecule has 0 atom stereocenters. The molecule has 0 amide bonds. The van der Waals surface area contributed by atoms with Crippen LogP contribution in [-0.4, -0.2) is 52.6 Å². The summed E-state index contributed by atoms with van der Waals surface area (Å²) in [7, 11) is -1.32. The minimum Gasteiger partial charge on any atom is -0.468 e. The topological polar surface area (TPSA) is 72.9 Å². The van der Waals surface area contributed by atoms with Crippen molar-refractivity contribution in [2.75, 3.05) is 33.9 Å². The SMILES string of the molecule is COCCN(CC(=O)OC)S(=O)(=O)c1ccc(F)cc1. The summed E-state index contributed by atoms with van der Waals surface area (Å²) < 4.78 is 47.7. The van der Waals surface area contributed by atoms with Crippen molar-refractivity contribution >= 4 is 16.0 Å². The van der Waals surface area contributed by atoms with E-state index in [1.807, 2.05) is 0 Å². The predicted octanol–water partition coefficient (Wildman–Crippen LogP) is 0.636. The van der Waals surface area contributed by atoms with E-state index in [1.165, 1.54) is 14.2 Å². The highest BCUT2D eigenvalue weighted by Gasteiger charge is 2.26. The molecule has 1 aromatic rings. The molecule has 1 rings (SSSR count). The summed E-state index contributed by atoms with van der Waals surface area (Å²) in [6.45, 7) is -0.317. The fourth-order valence-corrected chi connectivity index (χ4v) is 2.81. The number of hydrogen-bond acceptors (Lipinski definition) is 5. The van der Waals surface area contributed by atoms with Gasteiger partial charge in [-0.15, -0.1) is 0 Å². The largest absolute Gasteiger partial charge is 0.468 e. The molecule has 112 valence electrons. The van der Waals surface area contributed by atoms with Crippen molar-refractivity contribution in [3.05, 3.63) is 30.1 Å². The van der Waals surface area contributed by atoms with Gasteiger partial charge in [0.2, 0.25) is 10.0 Å². The molecular weight excluding hydrogens is 289 g/mol. The number of halogens is 1. The highest BCUT2D eigenvalue weighted by Crippen LogP contribution is 2.16. The lowest BCUT2D eigenvalue weighted by molar-refractivity contribution is -0.140. The molecular formula is C12H16FNO5S. The molecule has 0 aliphatic carbocycles. The van der Waals surface area contributed by atoms with E-state index in [0.29, 0.717) is 0 Å². The Kier molecular flexibility index (Phi) is 6.05. The maximum atomic E-state index is 12.8. The van der Waals surface area contributed by atoms with Gasteiger partial charge in [-0.3, -0.25) is 4.79 Å². The Morgan fingerprint density at radius 3 is 2.35 bits per heavy atom. The smallest absolute Gasteiger partial charge is 0.321 e. The molecule has 0 spiro atoms. The molecule has 0 aliphatic heterocycles. The molecule has 0 unspecified atom stereocenters. The first-order valence-corrected chi connectivity index (χ1v) is 7.17. The first kappa shape index (κ1) is 16.5. The summed E-state index contributed by atoms with van der Waals surface area (Å²) in [5.74, 6) is -1.23. The van der Waals surface area contributed by atoms with Crippen molar-refractivity contribution < 1.29 is 27.1 Å². The molecule has 0 heterocycles. The monoisotopic (exact) mass is 305 g/mol. The summed E-state index contributed by atoms with van der Waals surface area (Å²) in [5.41, 5.74) is 0.